The Bertz CT molecular complexity index is 481. The number of rotatable bonds is 3. The maximum Gasteiger partial charge on any atom is 0.124 e. The molecular formula is C15H20FN3. The summed E-state index contributed by atoms with van der Waals surface area (Å²) in [5.74, 6) is -0.344. The largest absolute Gasteiger partial charge is 0.329 e. The Morgan fingerprint density at radius 3 is 2.89 bits per heavy atom. The predicted octanol–water partition coefficient (Wildman–Crippen LogP) is 2.40. The Kier molecular flexibility index (Phi) is 4.52. The second kappa shape index (κ2) is 6.14. The van der Waals surface area contributed by atoms with Gasteiger partial charge in [0.2, 0.25) is 0 Å². The molecule has 3 nitrogen and oxygen atoms in total. The number of nitrogens with zero attached hydrogens (tertiary/aromatic N) is 2. The first-order valence-corrected chi connectivity index (χ1v) is 6.79. The molecule has 19 heavy (non-hydrogen) atoms. The first-order chi connectivity index (χ1) is 9.13. The van der Waals surface area contributed by atoms with Crippen LogP contribution in [0.25, 0.3) is 0 Å². The number of hydrogen-bond acceptors (Lipinski definition) is 3. The summed E-state index contributed by atoms with van der Waals surface area (Å²) < 4.78 is 13.5. The number of benzene rings is 1. The van der Waals surface area contributed by atoms with Crippen molar-refractivity contribution in [2.45, 2.75) is 44.8 Å². The summed E-state index contributed by atoms with van der Waals surface area (Å²) in [7, 11) is 0. The summed E-state index contributed by atoms with van der Waals surface area (Å²) in [5, 5.41) is 8.89. The predicted molar refractivity (Wildman–Crippen MR) is 72.8 cm³/mol. The molecule has 0 amide bonds. The van der Waals surface area contributed by atoms with E-state index in [-0.39, 0.29) is 5.82 Å². The molecule has 1 aliphatic rings. The van der Waals surface area contributed by atoms with Crippen molar-refractivity contribution in [3.63, 3.8) is 0 Å². The minimum absolute atomic E-state index is 0.344. The van der Waals surface area contributed by atoms with Gasteiger partial charge in [-0.05, 0) is 43.5 Å². The van der Waals surface area contributed by atoms with Gasteiger partial charge in [0.25, 0.3) is 0 Å². The Balaban J connectivity index is 2.19. The maximum atomic E-state index is 13.5. The molecule has 2 N–H and O–H groups in total. The third-order valence-electron chi connectivity index (χ3n) is 3.92. The monoisotopic (exact) mass is 261 g/mol. The van der Waals surface area contributed by atoms with Crippen LogP contribution in [-0.4, -0.2) is 23.5 Å². The number of piperidine rings is 1. The van der Waals surface area contributed by atoms with E-state index in [4.69, 9.17) is 11.0 Å². The third kappa shape index (κ3) is 3.31. The zero-order valence-corrected chi connectivity index (χ0v) is 11.3. The van der Waals surface area contributed by atoms with E-state index in [9.17, 15) is 4.39 Å². The van der Waals surface area contributed by atoms with Gasteiger partial charge in [0, 0.05) is 25.2 Å². The second-order valence-electron chi connectivity index (χ2n) is 5.30. The van der Waals surface area contributed by atoms with E-state index in [2.05, 4.69) is 11.8 Å². The first kappa shape index (κ1) is 14.0. The lowest BCUT2D eigenvalue weighted by Gasteiger charge is -2.40. The summed E-state index contributed by atoms with van der Waals surface area (Å²) in [6.07, 6.45) is 3.45. The van der Waals surface area contributed by atoms with Crippen LogP contribution in [0.15, 0.2) is 18.2 Å². The van der Waals surface area contributed by atoms with Gasteiger partial charge in [-0.25, -0.2) is 4.39 Å². The highest BCUT2D eigenvalue weighted by Gasteiger charge is 2.26. The molecule has 1 fully saturated rings. The number of likely N-dealkylation sites (tertiary alicyclic amines) is 1. The molecule has 0 saturated carbocycles. The molecule has 1 heterocycles. The molecule has 0 aliphatic carbocycles. The fraction of sp³-hybridized carbons (Fsp3) is 0.533. The summed E-state index contributed by atoms with van der Waals surface area (Å²) in [4.78, 5) is 2.33. The van der Waals surface area contributed by atoms with Gasteiger partial charge >= 0.3 is 0 Å². The van der Waals surface area contributed by atoms with Crippen molar-refractivity contribution in [2.75, 3.05) is 6.54 Å². The molecule has 1 aromatic carbocycles. The summed E-state index contributed by atoms with van der Waals surface area (Å²) in [5.41, 5.74) is 7.06. The Hall–Kier alpha value is -1.44. The third-order valence-corrected chi connectivity index (χ3v) is 3.92. The van der Waals surface area contributed by atoms with Crippen LogP contribution >= 0.6 is 0 Å². The van der Waals surface area contributed by atoms with Gasteiger partial charge in [-0.2, -0.15) is 5.26 Å². The van der Waals surface area contributed by atoms with Crippen LogP contribution in [0.2, 0.25) is 0 Å². The van der Waals surface area contributed by atoms with E-state index < -0.39 is 0 Å². The van der Waals surface area contributed by atoms with Crippen LogP contribution in [0.5, 0.6) is 0 Å². The topological polar surface area (TPSA) is 53.0 Å². The van der Waals surface area contributed by atoms with E-state index in [1.807, 2.05) is 6.07 Å². The average molecular weight is 261 g/mol. The molecule has 102 valence electrons. The van der Waals surface area contributed by atoms with Crippen LogP contribution in [0.4, 0.5) is 4.39 Å². The van der Waals surface area contributed by atoms with Gasteiger partial charge in [-0.15, -0.1) is 0 Å². The molecule has 0 radical (unpaired) electrons. The van der Waals surface area contributed by atoms with E-state index in [1.54, 1.807) is 6.07 Å². The fourth-order valence-electron chi connectivity index (χ4n) is 2.90. The number of hydrogen-bond donors (Lipinski definition) is 1. The van der Waals surface area contributed by atoms with Crippen molar-refractivity contribution in [2.24, 2.45) is 5.73 Å². The SMILES string of the molecule is CC1CCCC(CN)N1Cc1cc(F)cc(C#N)c1. The van der Waals surface area contributed by atoms with Gasteiger partial charge in [-0.3, -0.25) is 4.90 Å². The number of nitrogens with two attached hydrogens (primary N) is 1. The minimum atomic E-state index is -0.344. The van der Waals surface area contributed by atoms with Crippen LogP contribution in [0.3, 0.4) is 0 Å². The van der Waals surface area contributed by atoms with Crippen molar-refractivity contribution in [1.82, 2.24) is 4.90 Å². The Labute approximate surface area is 113 Å². The molecule has 0 bridgehead atoms. The van der Waals surface area contributed by atoms with Gasteiger partial charge < -0.3 is 5.73 Å². The highest BCUT2D eigenvalue weighted by Crippen LogP contribution is 2.24. The second-order valence-corrected chi connectivity index (χ2v) is 5.30. The molecule has 0 spiro atoms. The van der Waals surface area contributed by atoms with Crippen LogP contribution in [0.1, 0.15) is 37.3 Å². The van der Waals surface area contributed by atoms with Crippen molar-refractivity contribution >= 4 is 0 Å². The molecule has 2 unspecified atom stereocenters. The van der Waals surface area contributed by atoms with E-state index in [0.717, 1.165) is 18.4 Å². The Morgan fingerprint density at radius 2 is 2.21 bits per heavy atom. The number of nitriles is 1. The van der Waals surface area contributed by atoms with Crippen molar-refractivity contribution < 1.29 is 4.39 Å². The van der Waals surface area contributed by atoms with Crippen LogP contribution in [0, 0.1) is 17.1 Å². The lowest BCUT2D eigenvalue weighted by atomic mass is 9.95. The van der Waals surface area contributed by atoms with Gasteiger partial charge in [0.1, 0.15) is 5.82 Å². The Morgan fingerprint density at radius 1 is 1.42 bits per heavy atom. The maximum absolute atomic E-state index is 13.5. The molecule has 1 saturated heterocycles. The molecular weight excluding hydrogens is 241 g/mol. The van der Waals surface area contributed by atoms with Gasteiger partial charge in [-0.1, -0.05) is 6.42 Å². The highest BCUT2D eigenvalue weighted by atomic mass is 19.1. The highest BCUT2D eigenvalue weighted by molar-refractivity contribution is 5.33. The molecule has 4 heteroatoms. The molecule has 1 aliphatic heterocycles. The van der Waals surface area contributed by atoms with Gasteiger partial charge in [0.15, 0.2) is 0 Å². The van der Waals surface area contributed by atoms with Crippen molar-refractivity contribution in [3.8, 4) is 6.07 Å². The van der Waals surface area contributed by atoms with Crippen molar-refractivity contribution in [3.05, 3.63) is 35.1 Å². The molecule has 1 aromatic rings. The van der Waals surface area contributed by atoms with E-state index in [0.29, 0.717) is 30.7 Å². The smallest absolute Gasteiger partial charge is 0.124 e. The van der Waals surface area contributed by atoms with E-state index >= 15 is 0 Å². The minimum Gasteiger partial charge on any atom is -0.329 e. The lowest BCUT2D eigenvalue weighted by molar-refractivity contribution is 0.0891. The summed E-state index contributed by atoms with van der Waals surface area (Å²) >= 11 is 0. The van der Waals surface area contributed by atoms with Gasteiger partial charge in [0.05, 0.1) is 11.6 Å². The zero-order chi connectivity index (χ0) is 13.8. The molecule has 2 atom stereocenters. The first-order valence-electron chi connectivity index (χ1n) is 6.79. The fourth-order valence-corrected chi connectivity index (χ4v) is 2.90. The molecule has 0 aromatic heterocycles. The van der Waals surface area contributed by atoms with Crippen LogP contribution < -0.4 is 5.73 Å². The van der Waals surface area contributed by atoms with E-state index in [1.165, 1.54) is 18.6 Å². The number of halogens is 1. The normalized spacial score (nSPS) is 24.1. The zero-order valence-electron chi connectivity index (χ0n) is 11.3. The summed E-state index contributed by atoms with van der Waals surface area (Å²) in [6.45, 7) is 3.48. The van der Waals surface area contributed by atoms with Crippen LogP contribution in [-0.2, 0) is 6.54 Å². The summed E-state index contributed by atoms with van der Waals surface area (Å²) in [6, 6.07) is 7.35. The quantitative estimate of drug-likeness (QED) is 0.909. The lowest BCUT2D eigenvalue weighted by Crippen LogP contribution is -2.48. The standard InChI is InChI=1S/C15H20FN3/c1-11-3-2-4-15(9-18)19(11)10-13-5-12(8-17)6-14(16)7-13/h5-7,11,15H,2-4,9-10,18H2,1H3. The average Bonchev–Trinajstić information content (AvgIpc) is 2.40. The molecule has 2 rings (SSSR count). The van der Waals surface area contributed by atoms with Crippen molar-refractivity contribution in [1.29, 1.82) is 5.26 Å².